The van der Waals surface area contributed by atoms with Crippen molar-refractivity contribution in [2.45, 2.75) is 53.4 Å². The molecular weight excluding hydrogens is 352 g/mol. The summed E-state index contributed by atoms with van der Waals surface area (Å²) in [4.78, 5) is 9.19. The minimum absolute atomic E-state index is 0.469. The van der Waals surface area contributed by atoms with Crippen LogP contribution in [-0.4, -0.2) is 39.1 Å². The summed E-state index contributed by atoms with van der Waals surface area (Å²) in [7, 11) is 1.85. The minimum Gasteiger partial charge on any atom is -0.233 e. The number of hydrogen-bond acceptors (Lipinski definition) is 5. The highest BCUT2D eigenvalue weighted by molar-refractivity contribution is 5.68. The Hall–Kier alpha value is -3.03. The van der Waals surface area contributed by atoms with E-state index in [0.29, 0.717) is 11.9 Å². The number of rotatable bonds is 5. The molecule has 0 saturated heterocycles. The van der Waals surface area contributed by atoms with E-state index in [2.05, 4.69) is 30.0 Å². The van der Waals surface area contributed by atoms with Gasteiger partial charge in [0.15, 0.2) is 5.65 Å². The normalized spacial score (nSPS) is 11.8. The third-order valence-electron chi connectivity index (χ3n) is 5.35. The SMILES string of the molecule is CCC(CC)c1cc(C)nn2c(-c3nn(-c4ncnn4C)cc3C)c(C)nc12. The molecule has 4 rings (SSSR count). The molecular formula is C20H26N8. The first-order valence-electron chi connectivity index (χ1n) is 9.72. The summed E-state index contributed by atoms with van der Waals surface area (Å²) in [5.41, 5.74) is 6.94. The Morgan fingerprint density at radius 1 is 1.07 bits per heavy atom. The van der Waals surface area contributed by atoms with E-state index in [1.165, 1.54) is 11.9 Å². The van der Waals surface area contributed by atoms with Gasteiger partial charge in [0.05, 0.1) is 11.4 Å². The van der Waals surface area contributed by atoms with Gasteiger partial charge in [0.2, 0.25) is 5.95 Å². The van der Waals surface area contributed by atoms with E-state index < -0.39 is 0 Å². The van der Waals surface area contributed by atoms with Gasteiger partial charge in [-0.1, -0.05) is 13.8 Å². The molecule has 4 heterocycles. The predicted octanol–water partition coefficient (Wildman–Crippen LogP) is 3.54. The molecule has 0 spiro atoms. The third kappa shape index (κ3) is 2.80. The van der Waals surface area contributed by atoms with Crippen LogP contribution in [0.3, 0.4) is 0 Å². The lowest BCUT2D eigenvalue weighted by molar-refractivity contribution is 0.638. The maximum atomic E-state index is 4.90. The first-order valence-corrected chi connectivity index (χ1v) is 9.72. The highest BCUT2D eigenvalue weighted by atomic mass is 15.5. The van der Waals surface area contributed by atoms with Gasteiger partial charge in [-0.05, 0) is 51.2 Å². The molecule has 0 amide bonds. The number of aryl methyl sites for hydroxylation is 4. The highest BCUT2D eigenvalue weighted by Crippen LogP contribution is 2.32. The molecule has 8 heteroatoms. The topological polar surface area (TPSA) is 78.7 Å². The fraction of sp³-hybridized carbons (Fsp3) is 0.450. The summed E-state index contributed by atoms with van der Waals surface area (Å²) in [6, 6.07) is 2.17. The van der Waals surface area contributed by atoms with Crippen LogP contribution in [0.1, 0.15) is 55.1 Å². The molecule has 4 aromatic rings. The third-order valence-corrected chi connectivity index (χ3v) is 5.35. The van der Waals surface area contributed by atoms with Crippen LogP contribution in [-0.2, 0) is 7.05 Å². The molecule has 0 aliphatic rings. The van der Waals surface area contributed by atoms with E-state index in [9.17, 15) is 0 Å². The van der Waals surface area contributed by atoms with Crippen molar-refractivity contribution in [3.63, 3.8) is 0 Å². The van der Waals surface area contributed by atoms with Crippen molar-refractivity contribution in [3.8, 4) is 17.3 Å². The van der Waals surface area contributed by atoms with Gasteiger partial charge >= 0.3 is 0 Å². The number of imidazole rings is 1. The molecule has 0 atom stereocenters. The average Bonchev–Trinajstić information content (AvgIpc) is 3.32. The number of nitrogens with zero attached hydrogens (tertiary/aromatic N) is 8. The zero-order valence-corrected chi connectivity index (χ0v) is 17.3. The smallest absolute Gasteiger partial charge is 0.233 e. The highest BCUT2D eigenvalue weighted by Gasteiger charge is 2.22. The fourth-order valence-corrected chi connectivity index (χ4v) is 3.87. The van der Waals surface area contributed by atoms with Crippen LogP contribution < -0.4 is 0 Å². The second-order valence-corrected chi connectivity index (χ2v) is 7.32. The van der Waals surface area contributed by atoms with E-state index in [4.69, 9.17) is 15.2 Å². The summed E-state index contributed by atoms with van der Waals surface area (Å²) in [6.45, 7) is 10.6. The van der Waals surface area contributed by atoms with E-state index in [-0.39, 0.29) is 0 Å². The molecule has 0 unspecified atom stereocenters. The largest absolute Gasteiger partial charge is 0.248 e. The minimum atomic E-state index is 0.469. The molecule has 0 bridgehead atoms. The molecule has 0 aliphatic carbocycles. The Bertz CT molecular complexity index is 1140. The van der Waals surface area contributed by atoms with Crippen LogP contribution in [0.25, 0.3) is 23.0 Å². The molecule has 0 N–H and O–H groups in total. The van der Waals surface area contributed by atoms with Gasteiger partial charge in [-0.3, -0.25) is 0 Å². The van der Waals surface area contributed by atoms with E-state index in [1.54, 1.807) is 9.36 Å². The van der Waals surface area contributed by atoms with Gasteiger partial charge in [0, 0.05) is 18.8 Å². The fourth-order valence-electron chi connectivity index (χ4n) is 3.87. The zero-order valence-electron chi connectivity index (χ0n) is 17.3. The first-order chi connectivity index (χ1) is 13.4. The van der Waals surface area contributed by atoms with E-state index >= 15 is 0 Å². The van der Waals surface area contributed by atoms with Crippen molar-refractivity contribution in [1.82, 2.24) is 39.1 Å². The summed E-state index contributed by atoms with van der Waals surface area (Å²) < 4.78 is 5.42. The van der Waals surface area contributed by atoms with Gasteiger partial charge in [-0.25, -0.2) is 18.9 Å². The predicted molar refractivity (Wildman–Crippen MR) is 108 cm³/mol. The molecule has 146 valence electrons. The molecule has 4 aromatic heterocycles. The quantitative estimate of drug-likeness (QED) is 0.531. The van der Waals surface area contributed by atoms with E-state index in [0.717, 1.165) is 46.8 Å². The van der Waals surface area contributed by atoms with Crippen LogP contribution in [0, 0.1) is 20.8 Å². The number of hydrogen-bond donors (Lipinski definition) is 0. The summed E-state index contributed by atoms with van der Waals surface area (Å²) in [5, 5.41) is 13.7. The van der Waals surface area contributed by atoms with Gasteiger partial charge in [0.25, 0.3) is 0 Å². The molecule has 0 aliphatic heterocycles. The summed E-state index contributed by atoms with van der Waals surface area (Å²) >= 11 is 0. The van der Waals surface area contributed by atoms with Crippen molar-refractivity contribution >= 4 is 5.65 Å². The molecule has 0 saturated carbocycles. The molecule has 0 fully saturated rings. The molecule has 0 radical (unpaired) electrons. The van der Waals surface area contributed by atoms with Crippen LogP contribution in [0.5, 0.6) is 0 Å². The van der Waals surface area contributed by atoms with Crippen molar-refractivity contribution in [3.05, 3.63) is 41.1 Å². The molecule has 28 heavy (non-hydrogen) atoms. The second kappa shape index (κ2) is 6.85. The van der Waals surface area contributed by atoms with Crippen LogP contribution >= 0.6 is 0 Å². The van der Waals surface area contributed by atoms with Gasteiger partial charge in [-0.2, -0.15) is 20.3 Å². The Balaban J connectivity index is 1.94. The summed E-state index contributed by atoms with van der Waals surface area (Å²) in [5.74, 6) is 1.14. The first kappa shape index (κ1) is 18.3. The number of aromatic nitrogens is 8. The Kier molecular flexibility index (Phi) is 4.49. The van der Waals surface area contributed by atoms with Crippen LogP contribution in [0.2, 0.25) is 0 Å². The Labute approximate surface area is 164 Å². The second-order valence-electron chi connectivity index (χ2n) is 7.32. The van der Waals surface area contributed by atoms with Crippen LogP contribution in [0.15, 0.2) is 18.6 Å². The van der Waals surface area contributed by atoms with E-state index in [1.807, 2.05) is 38.5 Å². The van der Waals surface area contributed by atoms with Crippen molar-refractivity contribution < 1.29 is 0 Å². The lowest BCUT2D eigenvalue weighted by Crippen LogP contribution is -2.06. The maximum Gasteiger partial charge on any atom is 0.248 e. The molecule has 8 nitrogen and oxygen atoms in total. The lowest BCUT2D eigenvalue weighted by atomic mass is 9.95. The standard InChI is InChI=1S/C20H26N8/c1-7-15(8-2)16-9-13(4)24-28-18(14(5)23-19(16)28)17-12(3)10-27(25-17)20-21-11-22-26(20)6/h9-11,15H,7-8H2,1-6H3. The number of fused-ring (bicyclic) bond motifs is 1. The van der Waals surface area contributed by atoms with Gasteiger partial charge in [0.1, 0.15) is 17.7 Å². The monoisotopic (exact) mass is 378 g/mol. The van der Waals surface area contributed by atoms with Crippen molar-refractivity contribution in [1.29, 1.82) is 0 Å². The molecule has 0 aromatic carbocycles. The van der Waals surface area contributed by atoms with Gasteiger partial charge in [-0.15, -0.1) is 0 Å². The van der Waals surface area contributed by atoms with Gasteiger partial charge < -0.3 is 0 Å². The lowest BCUT2D eigenvalue weighted by Gasteiger charge is -2.14. The van der Waals surface area contributed by atoms with Crippen LogP contribution in [0.4, 0.5) is 0 Å². The Morgan fingerprint density at radius 2 is 1.82 bits per heavy atom. The maximum absolute atomic E-state index is 4.90. The van der Waals surface area contributed by atoms with Crippen molar-refractivity contribution in [2.75, 3.05) is 0 Å². The van der Waals surface area contributed by atoms with Crippen molar-refractivity contribution in [2.24, 2.45) is 7.05 Å². The summed E-state index contributed by atoms with van der Waals surface area (Å²) in [6.07, 6.45) is 5.65. The Morgan fingerprint density at radius 3 is 2.46 bits per heavy atom. The average molecular weight is 378 g/mol. The zero-order chi connectivity index (χ0) is 20.0.